The summed E-state index contributed by atoms with van der Waals surface area (Å²) in [5.41, 5.74) is 7.18. The molecule has 3 heterocycles. The molecule has 0 aromatic carbocycles. The first kappa shape index (κ1) is 11.4. The maximum Gasteiger partial charge on any atom is 0.250 e. The average molecular weight is 250 g/mol. The number of carbonyl (C=O) groups is 1. The molecular weight excluding hydrogens is 232 g/mol. The largest absolute Gasteiger partial charge is 0.383 e. The quantitative estimate of drug-likeness (QED) is 0.705. The Morgan fingerprint density at radius 3 is 2.72 bits per heavy atom. The molecule has 0 atom stereocenters. The van der Waals surface area contributed by atoms with Gasteiger partial charge in [0.15, 0.2) is 0 Å². The van der Waals surface area contributed by atoms with Gasteiger partial charge in [-0.1, -0.05) is 0 Å². The molecule has 0 saturated carbocycles. The molecule has 1 spiro atoms. The summed E-state index contributed by atoms with van der Waals surface area (Å²) in [5.74, 6) is 0.616. The molecule has 1 aromatic rings. The molecule has 98 valence electrons. The minimum Gasteiger partial charge on any atom is -0.383 e. The van der Waals surface area contributed by atoms with Crippen LogP contribution in [-0.2, 0) is 16.6 Å². The number of nitrogens with one attached hydrogen (secondary N) is 1. The summed E-state index contributed by atoms with van der Waals surface area (Å²) in [4.78, 5) is 14.5. The van der Waals surface area contributed by atoms with Crippen LogP contribution in [0.4, 0.5) is 17.2 Å². The summed E-state index contributed by atoms with van der Waals surface area (Å²) in [7, 11) is 3.84. The number of hydrogen-bond donors (Lipinski definition) is 2. The zero-order chi connectivity index (χ0) is 12.9. The lowest BCUT2D eigenvalue weighted by atomic mass is 9.85. The summed E-state index contributed by atoms with van der Waals surface area (Å²) in [6.07, 6.45) is 3.38. The molecule has 0 radical (unpaired) electrons. The molecule has 3 N–H and O–H groups in total. The first-order chi connectivity index (χ1) is 8.56. The lowest BCUT2D eigenvalue weighted by Crippen LogP contribution is -2.60. The van der Waals surface area contributed by atoms with E-state index in [1.54, 1.807) is 0 Å². The molecule has 1 amide bonds. The molecule has 0 unspecified atom stereocenters. The predicted molar refractivity (Wildman–Crippen MR) is 69.6 cm³/mol. The van der Waals surface area contributed by atoms with Crippen molar-refractivity contribution in [3.63, 3.8) is 0 Å². The van der Waals surface area contributed by atoms with E-state index in [1.165, 1.54) is 0 Å². The third kappa shape index (κ3) is 1.29. The van der Waals surface area contributed by atoms with Gasteiger partial charge >= 0.3 is 0 Å². The van der Waals surface area contributed by atoms with Gasteiger partial charge < -0.3 is 25.3 Å². The molecule has 1 aromatic heterocycles. The smallest absolute Gasteiger partial charge is 0.250 e. The number of hydrogen-bond acceptors (Lipinski definition) is 4. The number of aromatic nitrogens is 1. The topological polar surface area (TPSA) is 72.5 Å². The van der Waals surface area contributed by atoms with E-state index in [1.807, 2.05) is 24.9 Å². The van der Waals surface area contributed by atoms with Crippen LogP contribution in [0.1, 0.15) is 12.8 Å². The van der Waals surface area contributed by atoms with E-state index in [-0.39, 0.29) is 5.91 Å². The molecule has 3 rings (SSSR count). The minimum atomic E-state index is -0.487. The van der Waals surface area contributed by atoms with Crippen molar-refractivity contribution < 1.29 is 9.53 Å². The first-order valence-electron chi connectivity index (χ1n) is 6.14. The molecule has 0 aliphatic carbocycles. The van der Waals surface area contributed by atoms with Gasteiger partial charge in [-0.2, -0.15) is 0 Å². The van der Waals surface area contributed by atoms with Gasteiger partial charge in [-0.25, -0.2) is 0 Å². The van der Waals surface area contributed by atoms with Crippen LogP contribution in [0.5, 0.6) is 0 Å². The number of rotatable bonds is 0. The second-order valence-electron chi connectivity index (χ2n) is 5.04. The van der Waals surface area contributed by atoms with Gasteiger partial charge in [-0.15, -0.1) is 0 Å². The number of likely N-dealkylation sites (N-methyl/N-ethyl adjacent to an activating group) is 1. The highest BCUT2D eigenvalue weighted by atomic mass is 16.5. The Hall–Kier alpha value is -1.69. The second kappa shape index (κ2) is 3.65. The lowest BCUT2D eigenvalue weighted by molar-refractivity contribution is -0.124. The number of anilines is 3. The van der Waals surface area contributed by atoms with Crippen LogP contribution in [-0.4, -0.2) is 36.3 Å². The van der Waals surface area contributed by atoms with Gasteiger partial charge in [0.2, 0.25) is 0 Å². The summed E-state index contributed by atoms with van der Waals surface area (Å²) in [5, 5.41) is 2.96. The van der Waals surface area contributed by atoms with E-state index in [2.05, 4.69) is 10.2 Å². The predicted octanol–water partition coefficient (Wildman–Crippen LogP) is 0.545. The van der Waals surface area contributed by atoms with Crippen molar-refractivity contribution in [3.8, 4) is 0 Å². The van der Waals surface area contributed by atoms with E-state index < -0.39 is 5.54 Å². The van der Waals surface area contributed by atoms with E-state index in [0.717, 1.165) is 11.4 Å². The summed E-state index contributed by atoms with van der Waals surface area (Å²) in [6, 6.07) is 0. The second-order valence-corrected chi connectivity index (χ2v) is 5.04. The number of amides is 1. The van der Waals surface area contributed by atoms with E-state index in [9.17, 15) is 4.79 Å². The molecule has 0 bridgehead atoms. The fraction of sp³-hybridized carbons (Fsp3) is 0.583. The maximum absolute atomic E-state index is 12.4. The third-order valence-electron chi connectivity index (χ3n) is 4.19. The van der Waals surface area contributed by atoms with Crippen molar-refractivity contribution >= 4 is 23.1 Å². The lowest BCUT2D eigenvalue weighted by Gasteiger charge is -2.46. The summed E-state index contributed by atoms with van der Waals surface area (Å²) in [6.45, 7) is 1.24. The molecular formula is C12H18N4O2. The Labute approximate surface area is 106 Å². The zero-order valence-corrected chi connectivity index (χ0v) is 10.7. The van der Waals surface area contributed by atoms with Crippen molar-refractivity contribution in [2.45, 2.75) is 18.4 Å². The number of carbonyl (C=O) groups excluding carboxylic acids is 1. The summed E-state index contributed by atoms with van der Waals surface area (Å²) >= 11 is 0. The molecule has 2 aliphatic heterocycles. The van der Waals surface area contributed by atoms with E-state index in [0.29, 0.717) is 31.9 Å². The van der Waals surface area contributed by atoms with Crippen molar-refractivity contribution in [1.82, 2.24) is 4.57 Å². The molecule has 1 saturated heterocycles. The van der Waals surface area contributed by atoms with Gasteiger partial charge in [-0.05, 0) is 0 Å². The Balaban J connectivity index is 2.08. The monoisotopic (exact) mass is 250 g/mol. The number of nitrogen functional groups attached to an aromatic ring is 1. The Bertz CT molecular complexity index is 502. The number of fused-ring (bicyclic) bond motifs is 1. The number of nitrogens with two attached hydrogens (primary N) is 1. The number of aryl methyl sites for hydroxylation is 1. The van der Waals surface area contributed by atoms with Crippen LogP contribution in [0.25, 0.3) is 0 Å². The molecule has 6 nitrogen and oxygen atoms in total. The highest BCUT2D eigenvalue weighted by molar-refractivity contribution is 6.09. The Morgan fingerprint density at radius 2 is 2.06 bits per heavy atom. The van der Waals surface area contributed by atoms with Gasteiger partial charge in [0, 0.05) is 46.3 Å². The number of ether oxygens (including phenoxy) is 1. The normalized spacial score (nSPS) is 21.9. The van der Waals surface area contributed by atoms with Gasteiger partial charge in [0.05, 0.1) is 5.69 Å². The molecule has 2 aliphatic rings. The third-order valence-corrected chi connectivity index (χ3v) is 4.19. The molecule has 6 heteroatoms. The van der Waals surface area contributed by atoms with Gasteiger partial charge in [0.25, 0.3) is 5.91 Å². The van der Waals surface area contributed by atoms with Crippen LogP contribution in [0.2, 0.25) is 0 Å². The van der Waals surface area contributed by atoms with E-state index >= 15 is 0 Å². The molecule has 1 fully saturated rings. The van der Waals surface area contributed by atoms with Gasteiger partial charge in [0.1, 0.15) is 17.0 Å². The van der Waals surface area contributed by atoms with Gasteiger partial charge in [-0.3, -0.25) is 4.79 Å². The van der Waals surface area contributed by atoms with Crippen molar-refractivity contribution in [2.24, 2.45) is 7.05 Å². The first-order valence-corrected chi connectivity index (χ1v) is 6.14. The van der Waals surface area contributed by atoms with Crippen molar-refractivity contribution in [3.05, 3.63) is 6.20 Å². The fourth-order valence-electron chi connectivity index (χ4n) is 2.89. The standard InChI is InChI=1S/C12H18N4O2/c1-15-7-8-9(10(15)13)14-11(17)12(16(8)2)3-5-18-6-4-12/h7H,3-6,13H2,1-2H3,(H,14,17). The van der Waals surface area contributed by atoms with E-state index in [4.69, 9.17) is 10.5 Å². The van der Waals surface area contributed by atoms with Crippen LogP contribution in [0, 0.1) is 0 Å². The maximum atomic E-state index is 12.4. The number of nitrogens with zero attached hydrogens (tertiary/aromatic N) is 2. The fourth-order valence-corrected chi connectivity index (χ4v) is 2.89. The average Bonchev–Trinajstić information content (AvgIpc) is 2.66. The van der Waals surface area contributed by atoms with Crippen molar-refractivity contribution in [1.29, 1.82) is 0 Å². The van der Waals surface area contributed by atoms with Crippen LogP contribution >= 0.6 is 0 Å². The van der Waals surface area contributed by atoms with Crippen LogP contribution in [0.15, 0.2) is 6.20 Å². The molecule has 18 heavy (non-hydrogen) atoms. The Morgan fingerprint density at radius 1 is 1.39 bits per heavy atom. The highest BCUT2D eigenvalue weighted by Crippen LogP contribution is 2.43. The van der Waals surface area contributed by atoms with Crippen LogP contribution in [0.3, 0.4) is 0 Å². The Kier molecular flexibility index (Phi) is 2.31. The minimum absolute atomic E-state index is 0.0266. The SMILES string of the molecule is CN1c2cn(C)c(N)c2NC(=O)C12CCOCC2. The highest BCUT2D eigenvalue weighted by Gasteiger charge is 2.48. The summed E-state index contributed by atoms with van der Waals surface area (Å²) < 4.78 is 7.21. The zero-order valence-electron chi connectivity index (χ0n) is 10.7. The van der Waals surface area contributed by atoms with Crippen LogP contribution < -0.4 is 16.0 Å². The van der Waals surface area contributed by atoms with Crippen molar-refractivity contribution in [2.75, 3.05) is 36.2 Å².